The van der Waals surface area contributed by atoms with E-state index in [0.717, 1.165) is 35.6 Å². The van der Waals surface area contributed by atoms with Crippen LogP contribution in [-0.2, 0) is 34.5 Å². The molecule has 13 rings (SSSR count). The molecule has 0 aliphatic carbocycles. The Hall–Kier alpha value is -7.82. The van der Waals surface area contributed by atoms with E-state index in [1.165, 1.54) is 111 Å². The van der Waals surface area contributed by atoms with E-state index >= 15 is 0 Å². The van der Waals surface area contributed by atoms with E-state index in [2.05, 4.69) is 284 Å². The van der Waals surface area contributed by atoms with Crippen molar-refractivity contribution in [2.24, 2.45) is 0 Å². The zero-order valence-corrected chi connectivity index (χ0v) is 46.5. The van der Waals surface area contributed by atoms with Gasteiger partial charge in [-0.1, -0.05) is 180 Å². The van der Waals surface area contributed by atoms with Gasteiger partial charge >= 0.3 is 0 Å². The van der Waals surface area contributed by atoms with Gasteiger partial charge in [-0.2, -0.15) is 0 Å². The van der Waals surface area contributed by atoms with Crippen LogP contribution < -0.4 is 9.80 Å². The number of para-hydroxylation sites is 2. The van der Waals surface area contributed by atoms with Crippen LogP contribution in [0.15, 0.2) is 182 Å². The lowest BCUT2D eigenvalue weighted by Gasteiger charge is -2.31. The van der Waals surface area contributed by atoms with Crippen LogP contribution in [0.5, 0.6) is 0 Å². The normalized spacial score (nSPS) is 13.4. The lowest BCUT2D eigenvalue weighted by molar-refractivity contribution is 0.590. The van der Waals surface area contributed by atoms with Crippen molar-refractivity contribution in [1.82, 2.24) is 9.13 Å². The summed E-state index contributed by atoms with van der Waals surface area (Å²) in [6.07, 6.45) is 1.66. The number of fused-ring (bicyclic) bond motifs is 10. The maximum atomic E-state index is 2.60. The van der Waals surface area contributed by atoms with Gasteiger partial charge in [0.2, 0.25) is 0 Å². The third-order valence-corrected chi connectivity index (χ3v) is 16.8. The largest absolute Gasteiger partial charge is 0.310 e. The molecule has 2 aliphatic rings. The van der Waals surface area contributed by atoms with Crippen molar-refractivity contribution in [2.75, 3.05) is 9.80 Å². The van der Waals surface area contributed by atoms with Crippen LogP contribution in [0, 0.1) is 0 Å². The molecule has 2 aliphatic heterocycles. The molecule has 378 valence electrons. The molecule has 76 heavy (non-hydrogen) atoms. The first-order valence-corrected chi connectivity index (χ1v) is 27.5. The Morgan fingerprint density at radius 2 is 0.605 bits per heavy atom. The Morgan fingerprint density at radius 3 is 0.895 bits per heavy atom. The second kappa shape index (κ2) is 16.8. The highest BCUT2D eigenvalue weighted by atomic mass is 15.2. The van der Waals surface area contributed by atoms with Crippen molar-refractivity contribution in [3.63, 3.8) is 0 Å². The fourth-order valence-corrected chi connectivity index (χ4v) is 12.5. The summed E-state index contributed by atoms with van der Waals surface area (Å²) in [5.74, 6) is 0. The van der Waals surface area contributed by atoms with Crippen LogP contribution in [0.1, 0.15) is 128 Å². The summed E-state index contributed by atoms with van der Waals surface area (Å²) in [7, 11) is 0. The average Bonchev–Trinajstić information content (AvgIpc) is 4.00. The fourth-order valence-electron chi connectivity index (χ4n) is 12.5. The molecule has 0 spiro atoms. The lowest BCUT2D eigenvalue weighted by Crippen LogP contribution is -2.17. The van der Waals surface area contributed by atoms with Crippen LogP contribution in [0.4, 0.5) is 34.1 Å². The molecule has 0 unspecified atom stereocenters. The molecule has 4 heterocycles. The minimum Gasteiger partial charge on any atom is -0.310 e. The average molecular weight is 991 g/mol. The molecule has 9 aromatic carbocycles. The Kier molecular flexibility index (Phi) is 10.6. The Balaban J connectivity index is 1.06. The summed E-state index contributed by atoms with van der Waals surface area (Å²) in [5.41, 5.74) is 25.5. The molecule has 4 heteroatoms. The first-order chi connectivity index (χ1) is 36.2. The van der Waals surface area contributed by atoms with Crippen LogP contribution >= 0.6 is 0 Å². The van der Waals surface area contributed by atoms with Crippen LogP contribution in [0.3, 0.4) is 0 Å². The first-order valence-electron chi connectivity index (χ1n) is 27.5. The van der Waals surface area contributed by atoms with E-state index in [9.17, 15) is 0 Å². The van der Waals surface area contributed by atoms with E-state index in [1.54, 1.807) is 0 Å². The number of hydrogen-bond donors (Lipinski definition) is 0. The molecule has 0 amide bonds. The molecule has 0 radical (unpaired) electrons. The number of aromatic nitrogens is 2. The molecule has 11 aromatic rings. The van der Waals surface area contributed by atoms with Gasteiger partial charge in [0.1, 0.15) is 0 Å². The van der Waals surface area contributed by atoms with Crippen LogP contribution in [-0.4, -0.2) is 9.13 Å². The summed E-state index contributed by atoms with van der Waals surface area (Å²) in [6, 6.07) is 70.0. The van der Waals surface area contributed by atoms with Crippen LogP contribution in [0.25, 0.3) is 55.0 Å². The minimum absolute atomic E-state index is 0.0480. The van der Waals surface area contributed by atoms with Crippen LogP contribution in [0.2, 0.25) is 0 Å². The van der Waals surface area contributed by atoms with Gasteiger partial charge in [-0.05, 0) is 140 Å². The van der Waals surface area contributed by atoms with E-state index in [-0.39, 0.29) is 21.7 Å². The predicted molar refractivity (Wildman–Crippen MR) is 325 cm³/mol. The van der Waals surface area contributed by atoms with Gasteiger partial charge in [-0.3, -0.25) is 0 Å². The SMILES string of the molecule is CC(C)(C)c1ccc(N(c2ccc(C(C)(C)C)cc2)c2ccc3c4cc5c(cc4n4c3c2Cc2ccccc2-4)c2ccc(N(c3ccc(C(C)(C)C)cc3)c3ccc(C(C)(C)C)cc3)c3c2n5-c2ccccc2C3)cc1. The second-order valence-electron chi connectivity index (χ2n) is 25.9. The summed E-state index contributed by atoms with van der Waals surface area (Å²) in [6.45, 7) is 27.5. The summed E-state index contributed by atoms with van der Waals surface area (Å²) in [4.78, 5) is 5.01. The Labute approximate surface area is 449 Å². The number of anilines is 6. The molecule has 0 bridgehead atoms. The third kappa shape index (κ3) is 7.61. The molecule has 4 nitrogen and oxygen atoms in total. The van der Waals surface area contributed by atoms with Crippen molar-refractivity contribution in [2.45, 2.75) is 118 Å². The van der Waals surface area contributed by atoms with Crippen molar-refractivity contribution < 1.29 is 0 Å². The van der Waals surface area contributed by atoms with Gasteiger partial charge in [0, 0.05) is 79.6 Å². The van der Waals surface area contributed by atoms with Gasteiger partial charge in [-0.15, -0.1) is 0 Å². The number of nitrogens with zero attached hydrogens (tertiary/aromatic N) is 4. The van der Waals surface area contributed by atoms with Crippen molar-refractivity contribution in [3.8, 4) is 11.4 Å². The molecule has 0 N–H and O–H groups in total. The standard InChI is InChI=1S/C72H70N4/c1-69(2,3)47-21-29-51(30-22-47)73(52-31-23-48(24-32-52)70(4,5)6)63-39-37-55-57-43-66-58(44-65(57)75-61-19-15-13-17-45(61)41-59(63)67(55)75)56-38-40-64(60-42-46-18-14-16-20-62(46)76(66)68(56)60)74(53-33-25-49(26-34-53)71(7,8)9)54-35-27-50(28-36-54)72(10,11)12/h13-40,43-44H,41-42H2,1-12H3. The molecular weight excluding hydrogens is 921 g/mol. The number of hydrogen-bond acceptors (Lipinski definition) is 2. The first kappa shape index (κ1) is 47.9. The van der Waals surface area contributed by atoms with E-state index in [4.69, 9.17) is 0 Å². The predicted octanol–water partition coefficient (Wildman–Crippen LogP) is 19.8. The highest BCUT2D eigenvalue weighted by Gasteiger charge is 2.32. The van der Waals surface area contributed by atoms with Gasteiger partial charge in [0.15, 0.2) is 0 Å². The summed E-state index contributed by atoms with van der Waals surface area (Å²) >= 11 is 0. The summed E-state index contributed by atoms with van der Waals surface area (Å²) < 4.78 is 5.20. The minimum atomic E-state index is 0.0480. The lowest BCUT2D eigenvalue weighted by atomic mass is 9.86. The Bertz CT molecular complexity index is 3710. The fraction of sp³-hybridized carbons (Fsp3) is 0.250. The van der Waals surface area contributed by atoms with Crippen molar-refractivity contribution in [3.05, 3.63) is 226 Å². The Morgan fingerprint density at radius 1 is 0.316 bits per heavy atom. The molecule has 0 fully saturated rings. The quantitative estimate of drug-likeness (QED) is 0.165. The van der Waals surface area contributed by atoms with E-state index < -0.39 is 0 Å². The summed E-state index contributed by atoms with van der Waals surface area (Å²) in [5, 5.41) is 5.10. The molecule has 0 saturated carbocycles. The van der Waals surface area contributed by atoms with E-state index in [0.29, 0.717) is 0 Å². The zero-order chi connectivity index (χ0) is 52.8. The number of rotatable bonds is 6. The molecular formula is C72H70N4. The third-order valence-electron chi connectivity index (χ3n) is 16.8. The highest BCUT2D eigenvalue weighted by Crippen LogP contribution is 2.51. The van der Waals surface area contributed by atoms with Crippen molar-refractivity contribution >= 4 is 77.7 Å². The van der Waals surface area contributed by atoms with Gasteiger partial charge in [0.05, 0.1) is 33.4 Å². The molecule has 0 saturated heterocycles. The molecule has 2 aromatic heterocycles. The maximum Gasteiger partial charge on any atom is 0.0597 e. The van der Waals surface area contributed by atoms with Gasteiger partial charge in [0.25, 0.3) is 0 Å². The monoisotopic (exact) mass is 991 g/mol. The number of benzene rings is 9. The highest BCUT2D eigenvalue weighted by molar-refractivity contribution is 6.21. The van der Waals surface area contributed by atoms with E-state index in [1.807, 2.05) is 0 Å². The maximum absolute atomic E-state index is 2.60. The topological polar surface area (TPSA) is 16.3 Å². The smallest absolute Gasteiger partial charge is 0.0597 e. The van der Waals surface area contributed by atoms with Crippen molar-refractivity contribution in [1.29, 1.82) is 0 Å². The molecule has 0 atom stereocenters. The van der Waals surface area contributed by atoms with Gasteiger partial charge in [-0.25, -0.2) is 0 Å². The van der Waals surface area contributed by atoms with Gasteiger partial charge < -0.3 is 18.9 Å². The second-order valence-corrected chi connectivity index (χ2v) is 25.9. The zero-order valence-electron chi connectivity index (χ0n) is 46.5.